The number of nitrogens with one attached hydrogen (secondary N) is 2. The zero-order valence-corrected chi connectivity index (χ0v) is 13.9. The lowest BCUT2D eigenvalue weighted by Gasteiger charge is -2.20. The van der Waals surface area contributed by atoms with Crippen LogP contribution in [0.1, 0.15) is 40.2 Å². The highest BCUT2D eigenvalue weighted by Gasteiger charge is 2.08. The zero-order valence-electron chi connectivity index (χ0n) is 13.1. The molecule has 0 aromatic heterocycles. The predicted octanol–water partition coefficient (Wildman–Crippen LogP) is 3.19. The van der Waals surface area contributed by atoms with Gasteiger partial charge in [0.05, 0.1) is 5.75 Å². The van der Waals surface area contributed by atoms with Crippen LogP contribution in [-0.2, 0) is 11.3 Å². The van der Waals surface area contributed by atoms with Gasteiger partial charge in [-0.25, -0.2) is 0 Å². The molecule has 0 aliphatic heterocycles. The van der Waals surface area contributed by atoms with E-state index >= 15 is 0 Å². The number of thioether (sulfide) groups is 1. The minimum atomic E-state index is 0.0866. The fraction of sp³-hybridized carbons (Fsp3) is 0.562. The van der Waals surface area contributed by atoms with Crippen molar-refractivity contribution in [3.05, 3.63) is 29.8 Å². The first kappa shape index (κ1) is 17.1. The number of benzene rings is 1. The van der Waals surface area contributed by atoms with E-state index in [0.717, 1.165) is 11.4 Å². The molecule has 2 N–H and O–H groups in total. The second-order valence-corrected chi connectivity index (χ2v) is 7.31. The molecule has 20 heavy (non-hydrogen) atoms. The van der Waals surface area contributed by atoms with Crippen LogP contribution in [0.15, 0.2) is 29.2 Å². The smallest absolute Gasteiger partial charge is 0.230 e. The van der Waals surface area contributed by atoms with Crippen molar-refractivity contribution in [1.29, 1.82) is 0 Å². The Morgan fingerprint density at radius 3 is 2.30 bits per heavy atom. The number of hydrogen-bond acceptors (Lipinski definition) is 3. The molecular weight excluding hydrogens is 268 g/mol. The Balaban J connectivity index is 2.41. The van der Waals surface area contributed by atoms with Crippen molar-refractivity contribution in [3.8, 4) is 0 Å². The molecule has 1 aromatic carbocycles. The van der Waals surface area contributed by atoms with Crippen molar-refractivity contribution in [2.45, 2.75) is 57.6 Å². The number of hydrogen-bond donors (Lipinski definition) is 2. The maximum Gasteiger partial charge on any atom is 0.230 e. The molecule has 0 spiro atoms. The first-order valence-corrected chi connectivity index (χ1v) is 8.01. The van der Waals surface area contributed by atoms with Crippen LogP contribution in [0.3, 0.4) is 0 Å². The molecule has 0 saturated carbocycles. The van der Waals surface area contributed by atoms with Crippen molar-refractivity contribution in [3.63, 3.8) is 0 Å². The second kappa shape index (κ2) is 7.70. The van der Waals surface area contributed by atoms with Gasteiger partial charge in [-0.1, -0.05) is 12.1 Å². The molecule has 0 atom stereocenters. The summed E-state index contributed by atoms with van der Waals surface area (Å²) >= 11 is 1.57. The van der Waals surface area contributed by atoms with E-state index in [1.54, 1.807) is 11.8 Å². The normalized spacial score (nSPS) is 11.7. The van der Waals surface area contributed by atoms with E-state index in [9.17, 15) is 4.79 Å². The molecule has 0 fully saturated rings. The lowest BCUT2D eigenvalue weighted by molar-refractivity contribution is -0.119. The molecule has 0 radical (unpaired) electrons. The van der Waals surface area contributed by atoms with Gasteiger partial charge in [-0.2, -0.15) is 0 Å². The average molecular weight is 294 g/mol. The molecule has 112 valence electrons. The van der Waals surface area contributed by atoms with Gasteiger partial charge in [0.15, 0.2) is 0 Å². The first-order valence-electron chi connectivity index (χ1n) is 7.02. The van der Waals surface area contributed by atoms with Crippen molar-refractivity contribution in [1.82, 2.24) is 10.6 Å². The minimum absolute atomic E-state index is 0.0866. The maximum atomic E-state index is 11.6. The van der Waals surface area contributed by atoms with Crippen LogP contribution in [0, 0.1) is 0 Å². The van der Waals surface area contributed by atoms with Crippen LogP contribution in [0.5, 0.6) is 0 Å². The van der Waals surface area contributed by atoms with Gasteiger partial charge in [0.2, 0.25) is 5.91 Å². The second-order valence-electron chi connectivity index (χ2n) is 6.26. The van der Waals surface area contributed by atoms with Gasteiger partial charge in [0, 0.05) is 23.0 Å². The highest BCUT2D eigenvalue weighted by atomic mass is 32.2. The lowest BCUT2D eigenvalue weighted by Crippen LogP contribution is -2.35. The summed E-state index contributed by atoms with van der Waals surface area (Å²) in [5.74, 6) is 0.557. The van der Waals surface area contributed by atoms with E-state index in [0.29, 0.717) is 5.75 Å². The molecule has 0 aliphatic carbocycles. The highest BCUT2D eigenvalue weighted by Crippen LogP contribution is 2.18. The van der Waals surface area contributed by atoms with E-state index < -0.39 is 0 Å². The largest absolute Gasteiger partial charge is 0.353 e. The summed E-state index contributed by atoms with van der Waals surface area (Å²) in [6.07, 6.45) is 0. The molecule has 1 rings (SSSR count). The summed E-state index contributed by atoms with van der Waals surface area (Å²) < 4.78 is 0. The van der Waals surface area contributed by atoms with E-state index in [1.807, 2.05) is 13.8 Å². The summed E-state index contributed by atoms with van der Waals surface area (Å²) in [5.41, 5.74) is 1.39. The Hall–Kier alpha value is -1.00. The molecule has 0 heterocycles. The van der Waals surface area contributed by atoms with Gasteiger partial charge in [-0.3, -0.25) is 4.79 Å². The number of carbonyl (C=O) groups is 1. The monoisotopic (exact) mass is 294 g/mol. The first-order chi connectivity index (χ1) is 9.26. The summed E-state index contributed by atoms with van der Waals surface area (Å²) in [4.78, 5) is 12.7. The summed E-state index contributed by atoms with van der Waals surface area (Å²) in [7, 11) is 0. The molecule has 3 nitrogen and oxygen atoms in total. The van der Waals surface area contributed by atoms with E-state index in [4.69, 9.17) is 0 Å². The van der Waals surface area contributed by atoms with Crippen LogP contribution in [0.4, 0.5) is 0 Å². The van der Waals surface area contributed by atoms with Gasteiger partial charge in [-0.05, 0) is 52.3 Å². The quantitative estimate of drug-likeness (QED) is 0.792. The van der Waals surface area contributed by atoms with Crippen LogP contribution >= 0.6 is 11.8 Å². The Kier molecular flexibility index (Phi) is 6.56. The zero-order chi connectivity index (χ0) is 15.2. The summed E-state index contributed by atoms with van der Waals surface area (Å²) in [5, 5.41) is 6.35. The van der Waals surface area contributed by atoms with Gasteiger partial charge >= 0.3 is 0 Å². The third-order valence-corrected chi connectivity index (χ3v) is 3.58. The van der Waals surface area contributed by atoms with Crippen LogP contribution < -0.4 is 10.6 Å². The van der Waals surface area contributed by atoms with Crippen LogP contribution in [-0.4, -0.2) is 23.2 Å². The average Bonchev–Trinajstić information content (AvgIpc) is 2.33. The Morgan fingerprint density at radius 1 is 1.20 bits per heavy atom. The Bertz CT molecular complexity index is 421. The van der Waals surface area contributed by atoms with Gasteiger partial charge < -0.3 is 10.6 Å². The number of carbonyl (C=O) groups excluding carboxylic acids is 1. The van der Waals surface area contributed by atoms with Gasteiger partial charge in [0.1, 0.15) is 0 Å². The van der Waals surface area contributed by atoms with Gasteiger partial charge in [0.25, 0.3) is 0 Å². The maximum absolute atomic E-state index is 11.6. The molecule has 1 aromatic rings. The Labute approximate surface area is 126 Å². The molecule has 0 bridgehead atoms. The standard InChI is InChI=1S/C16H26N2OS/c1-12(2)18-15(19)11-20-14-8-6-13(7-9-14)10-17-16(3,4)5/h6-9,12,17H,10-11H2,1-5H3,(H,18,19). The summed E-state index contributed by atoms with van der Waals surface area (Å²) in [6.45, 7) is 11.3. The third kappa shape index (κ3) is 7.56. The van der Waals surface area contributed by atoms with Crippen LogP contribution in [0.2, 0.25) is 0 Å². The summed E-state index contributed by atoms with van der Waals surface area (Å²) in [6, 6.07) is 8.58. The fourth-order valence-corrected chi connectivity index (χ4v) is 2.29. The van der Waals surface area contributed by atoms with Crippen molar-refractivity contribution in [2.24, 2.45) is 0 Å². The van der Waals surface area contributed by atoms with E-state index in [-0.39, 0.29) is 17.5 Å². The van der Waals surface area contributed by atoms with Crippen molar-refractivity contribution >= 4 is 17.7 Å². The van der Waals surface area contributed by atoms with Crippen molar-refractivity contribution in [2.75, 3.05) is 5.75 Å². The molecule has 4 heteroatoms. The minimum Gasteiger partial charge on any atom is -0.353 e. The third-order valence-electron chi connectivity index (χ3n) is 2.57. The topological polar surface area (TPSA) is 41.1 Å². The van der Waals surface area contributed by atoms with E-state index in [2.05, 4.69) is 55.7 Å². The van der Waals surface area contributed by atoms with E-state index in [1.165, 1.54) is 5.56 Å². The molecular formula is C16H26N2OS. The van der Waals surface area contributed by atoms with Crippen molar-refractivity contribution < 1.29 is 4.79 Å². The molecule has 0 aliphatic rings. The van der Waals surface area contributed by atoms with Gasteiger partial charge in [-0.15, -0.1) is 11.8 Å². The highest BCUT2D eigenvalue weighted by molar-refractivity contribution is 8.00. The number of rotatable bonds is 6. The molecule has 0 saturated heterocycles. The molecule has 0 unspecified atom stereocenters. The van der Waals surface area contributed by atoms with Crippen LogP contribution in [0.25, 0.3) is 0 Å². The Morgan fingerprint density at radius 2 is 1.80 bits per heavy atom. The fourth-order valence-electron chi connectivity index (χ4n) is 1.58. The predicted molar refractivity (Wildman–Crippen MR) is 87.0 cm³/mol. The SMILES string of the molecule is CC(C)NC(=O)CSc1ccc(CNC(C)(C)C)cc1. The number of amides is 1. The molecule has 1 amide bonds. The lowest BCUT2D eigenvalue weighted by atomic mass is 10.1.